The minimum atomic E-state index is -4.27. The zero-order valence-corrected chi connectivity index (χ0v) is 6.65. The molecule has 0 bridgehead atoms. The maximum Gasteiger partial charge on any atom is 1.00 e. The van der Waals surface area contributed by atoms with Gasteiger partial charge in [0.15, 0.2) is 0 Å². The van der Waals surface area contributed by atoms with Gasteiger partial charge in [0.1, 0.15) is 0 Å². The number of nitrogens with two attached hydrogens (primary N) is 1. The van der Waals surface area contributed by atoms with Gasteiger partial charge in [0.2, 0.25) is 0 Å². The lowest BCUT2D eigenvalue weighted by atomic mass is 10.2. The molecule has 1 rings (SSSR count). The SMILES string of the molecule is Nc1ccc(C(F)(F)F)cc1.[Cl-].[H+]. The van der Waals surface area contributed by atoms with Crippen molar-refractivity contribution >= 4 is 5.69 Å². The van der Waals surface area contributed by atoms with Gasteiger partial charge in [-0.3, -0.25) is 0 Å². The van der Waals surface area contributed by atoms with Crippen LogP contribution in [0, 0.1) is 0 Å². The van der Waals surface area contributed by atoms with Crippen molar-refractivity contribution in [1.82, 2.24) is 0 Å². The number of anilines is 1. The number of hydrogen-bond donors (Lipinski definition) is 1. The number of rotatable bonds is 0. The van der Waals surface area contributed by atoms with Crippen LogP contribution in [0.1, 0.15) is 6.99 Å². The molecular weight excluding hydrogens is 191 g/mol. The van der Waals surface area contributed by atoms with Crippen LogP contribution in [-0.2, 0) is 6.18 Å². The molecule has 0 fully saturated rings. The topological polar surface area (TPSA) is 26.0 Å². The van der Waals surface area contributed by atoms with Crippen molar-refractivity contribution in [3.05, 3.63) is 29.8 Å². The molecule has 1 aromatic rings. The van der Waals surface area contributed by atoms with Gasteiger partial charge >= 0.3 is 7.60 Å². The quantitative estimate of drug-likeness (QED) is 0.553. The molecule has 1 nitrogen and oxygen atoms in total. The fourth-order valence-electron chi connectivity index (χ4n) is 0.672. The van der Waals surface area contributed by atoms with Crippen molar-refractivity contribution < 1.29 is 27.0 Å². The molecule has 0 spiro atoms. The Balaban J connectivity index is 0. The van der Waals surface area contributed by atoms with E-state index < -0.39 is 11.7 Å². The van der Waals surface area contributed by atoms with E-state index in [1.165, 1.54) is 12.1 Å². The van der Waals surface area contributed by atoms with Gasteiger partial charge in [-0.25, -0.2) is 0 Å². The first kappa shape index (κ1) is 11.1. The van der Waals surface area contributed by atoms with E-state index in [0.29, 0.717) is 5.69 Å². The molecule has 0 atom stereocenters. The first-order valence-corrected chi connectivity index (χ1v) is 2.93. The molecule has 0 unspecified atom stereocenters. The predicted molar refractivity (Wildman–Crippen MR) is 37.0 cm³/mol. The number of halogens is 4. The Kier molecular flexibility index (Phi) is 3.39. The number of alkyl halides is 3. The van der Waals surface area contributed by atoms with Crippen LogP contribution in [-0.4, -0.2) is 0 Å². The molecule has 0 aromatic heterocycles. The van der Waals surface area contributed by atoms with Crippen LogP contribution in [0.5, 0.6) is 0 Å². The van der Waals surface area contributed by atoms with Gasteiger partial charge in [0.05, 0.1) is 5.56 Å². The Morgan fingerprint density at radius 1 is 1.08 bits per heavy atom. The van der Waals surface area contributed by atoms with Gasteiger partial charge < -0.3 is 18.1 Å². The average molecular weight is 198 g/mol. The van der Waals surface area contributed by atoms with Crippen molar-refractivity contribution in [2.45, 2.75) is 6.18 Å². The van der Waals surface area contributed by atoms with E-state index in [0.717, 1.165) is 12.1 Å². The van der Waals surface area contributed by atoms with Crippen LogP contribution >= 0.6 is 0 Å². The number of benzene rings is 1. The Morgan fingerprint density at radius 3 is 1.83 bits per heavy atom. The second kappa shape index (κ2) is 3.67. The van der Waals surface area contributed by atoms with Gasteiger partial charge in [-0.05, 0) is 24.3 Å². The smallest absolute Gasteiger partial charge is 1.00 e. The van der Waals surface area contributed by atoms with Crippen molar-refractivity contribution in [3.63, 3.8) is 0 Å². The summed E-state index contributed by atoms with van der Waals surface area (Å²) in [5.41, 5.74) is 4.86. The van der Waals surface area contributed by atoms with E-state index in [2.05, 4.69) is 0 Å². The highest BCUT2D eigenvalue weighted by molar-refractivity contribution is 5.39. The largest absolute Gasteiger partial charge is 1.00 e. The third-order valence-corrected chi connectivity index (χ3v) is 1.24. The molecule has 5 heteroatoms. The number of nitrogen functional groups attached to an aromatic ring is 1. The van der Waals surface area contributed by atoms with E-state index >= 15 is 0 Å². The molecule has 0 aliphatic heterocycles. The lowest BCUT2D eigenvalue weighted by Gasteiger charge is -2.05. The summed E-state index contributed by atoms with van der Waals surface area (Å²) in [6.45, 7) is 0. The van der Waals surface area contributed by atoms with Crippen molar-refractivity contribution in [1.29, 1.82) is 0 Å². The highest BCUT2D eigenvalue weighted by Gasteiger charge is 2.29. The maximum atomic E-state index is 11.9. The molecule has 0 saturated carbocycles. The van der Waals surface area contributed by atoms with Crippen LogP contribution in [0.15, 0.2) is 24.3 Å². The second-order valence-corrected chi connectivity index (χ2v) is 2.12. The summed E-state index contributed by atoms with van der Waals surface area (Å²) in [5, 5.41) is 0. The van der Waals surface area contributed by atoms with Crippen LogP contribution in [0.4, 0.5) is 18.9 Å². The number of hydrogen-bond acceptors (Lipinski definition) is 1. The van der Waals surface area contributed by atoms with Crippen LogP contribution in [0.3, 0.4) is 0 Å². The summed E-state index contributed by atoms with van der Waals surface area (Å²) in [4.78, 5) is 0. The van der Waals surface area contributed by atoms with Gasteiger partial charge in [0.25, 0.3) is 0 Å². The molecule has 0 aliphatic rings. The minimum Gasteiger partial charge on any atom is -1.00 e. The average Bonchev–Trinajstić information content (AvgIpc) is 1.86. The van der Waals surface area contributed by atoms with Gasteiger partial charge in [-0.15, -0.1) is 0 Å². The Bertz CT molecular complexity index is 247. The summed E-state index contributed by atoms with van der Waals surface area (Å²) >= 11 is 0. The highest BCUT2D eigenvalue weighted by Crippen LogP contribution is 2.29. The molecular formula is C7H7ClF3N. The molecule has 0 heterocycles. The van der Waals surface area contributed by atoms with Gasteiger partial charge in [0, 0.05) is 5.69 Å². The van der Waals surface area contributed by atoms with Crippen molar-refractivity contribution in [2.24, 2.45) is 0 Å². The molecule has 2 N–H and O–H groups in total. The van der Waals surface area contributed by atoms with E-state index in [9.17, 15) is 13.2 Å². The standard InChI is InChI=1S/C7H6F3N.ClH/c8-7(9,10)5-1-3-6(11)4-2-5;/h1-4H,11H2;1H. The van der Waals surface area contributed by atoms with Crippen LogP contribution in [0.25, 0.3) is 0 Å². The van der Waals surface area contributed by atoms with E-state index in [-0.39, 0.29) is 13.8 Å². The molecule has 12 heavy (non-hydrogen) atoms. The highest BCUT2D eigenvalue weighted by atomic mass is 35.5. The maximum absolute atomic E-state index is 11.9. The monoisotopic (exact) mass is 197 g/mol. The normalized spacial score (nSPS) is 10.6. The van der Waals surface area contributed by atoms with E-state index in [4.69, 9.17) is 5.73 Å². The summed E-state index contributed by atoms with van der Waals surface area (Å²) in [5.74, 6) is 0. The molecule has 68 valence electrons. The summed E-state index contributed by atoms with van der Waals surface area (Å²) < 4.78 is 35.6. The molecule has 0 radical (unpaired) electrons. The second-order valence-electron chi connectivity index (χ2n) is 2.12. The van der Waals surface area contributed by atoms with Gasteiger partial charge in [-0.2, -0.15) is 13.2 Å². The van der Waals surface area contributed by atoms with E-state index in [1.807, 2.05) is 0 Å². The Morgan fingerprint density at radius 2 is 1.50 bits per heavy atom. The molecule has 0 saturated heterocycles. The summed E-state index contributed by atoms with van der Waals surface area (Å²) in [6, 6.07) is 4.36. The van der Waals surface area contributed by atoms with Crippen molar-refractivity contribution in [2.75, 3.05) is 5.73 Å². The lowest BCUT2D eigenvalue weighted by Crippen LogP contribution is -3.00. The Hall–Kier alpha value is -0.900. The minimum absolute atomic E-state index is 0. The zero-order valence-electron chi connectivity index (χ0n) is 6.90. The molecule has 1 aromatic carbocycles. The van der Waals surface area contributed by atoms with Crippen molar-refractivity contribution in [3.8, 4) is 0 Å². The Labute approximate surface area is 75.3 Å². The van der Waals surface area contributed by atoms with Crippen LogP contribution in [0.2, 0.25) is 0 Å². The zero-order chi connectivity index (χ0) is 8.48. The third-order valence-electron chi connectivity index (χ3n) is 1.24. The van der Waals surface area contributed by atoms with Gasteiger partial charge in [-0.1, -0.05) is 0 Å². The third kappa shape index (κ3) is 2.62. The first-order valence-electron chi connectivity index (χ1n) is 2.93. The fourth-order valence-corrected chi connectivity index (χ4v) is 0.672. The summed E-state index contributed by atoms with van der Waals surface area (Å²) in [6.07, 6.45) is -4.27. The summed E-state index contributed by atoms with van der Waals surface area (Å²) in [7, 11) is 0. The first-order chi connectivity index (χ1) is 5.00. The predicted octanol–water partition coefficient (Wildman–Crippen LogP) is -0.596. The molecule has 0 amide bonds. The van der Waals surface area contributed by atoms with Crippen LogP contribution < -0.4 is 18.1 Å². The van der Waals surface area contributed by atoms with E-state index in [1.54, 1.807) is 0 Å². The lowest BCUT2D eigenvalue weighted by molar-refractivity contribution is -0.137. The molecule has 0 aliphatic carbocycles. The fraction of sp³-hybridized carbons (Fsp3) is 0.143.